The van der Waals surface area contributed by atoms with Crippen LogP contribution in [0.15, 0.2) is 42.0 Å². The van der Waals surface area contributed by atoms with Gasteiger partial charge in [0.25, 0.3) is 5.91 Å². The molecule has 3 aromatic rings. The Balaban J connectivity index is 1.41. The van der Waals surface area contributed by atoms with Gasteiger partial charge in [-0.2, -0.15) is 0 Å². The Bertz CT molecular complexity index is 842. The molecule has 0 unspecified atom stereocenters. The molecule has 0 bridgehead atoms. The minimum atomic E-state index is -0.378. The second kappa shape index (κ2) is 7.14. The van der Waals surface area contributed by atoms with Gasteiger partial charge in [0.1, 0.15) is 5.75 Å². The van der Waals surface area contributed by atoms with Crippen LogP contribution in [0, 0.1) is 0 Å². The van der Waals surface area contributed by atoms with Crippen molar-refractivity contribution >= 4 is 28.1 Å². The number of benzene rings is 1. The van der Waals surface area contributed by atoms with Gasteiger partial charge in [0.2, 0.25) is 5.91 Å². The van der Waals surface area contributed by atoms with E-state index in [1.807, 2.05) is 22.2 Å². The van der Waals surface area contributed by atoms with Crippen molar-refractivity contribution in [3.05, 3.63) is 53.3 Å². The second-order valence-electron chi connectivity index (χ2n) is 5.12. The quantitative estimate of drug-likeness (QED) is 0.585. The maximum absolute atomic E-state index is 11.9. The lowest BCUT2D eigenvalue weighted by Gasteiger charge is -2.07. The first-order valence-electron chi connectivity index (χ1n) is 7.37. The van der Waals surface area contributed by atoms with Crippen molar-refractivity contribution in [2.45, 2.75) is 6.42 Å². The number of nitrogens with one attached hydrogen (secondary N) is 2. The summed E-state index contributed by atoms with van der Waals surface area (Å²) in [6.07, 6.45) is 3.91. The topological polar surface area (TPSA) is 95.7 Å². The number of phenolic OH excluding ortho intramolecular Hbond substituents is 1. The van der Waals surface area contributed by atoms with Crippen LogP contribution >= 0.6 is 11.3 Å². The average molecular weight is 344 g/mol. The fourth-order valence-electron chi connectivity index (χ4n) is 2.23. The zero-order valence-electron chi connectivity index (χ0n) is 12.7. The van der Waals surface area contributed by atoms with Gasteiger partial charge in [0.15, 0.2) is 4.96 Å². The van der Waals surface area contributed by atoms with Crippen LogP contribution in [0.3, 0.4) is 0 Å². The van der Waals surface area contributed by atoms with Crippen LogP contribution in [-0.4, -0.2) is 39.4 Å². The zero-order chi connectivity index (χ0) is 16.9. The Morgan fingerprint density at radius 2 is 2.00 bits per heavy atom. The number of rotatable bonds is 6. The molecule has 24 heavy (non-hydrogen) atoms. The highest BCUT2D eigenvalue weighted by molar-refractivity contribution is 7.15. The predicted molar refractivity (Wildman–Crippen MR) is 90.2 cm³/mol. The number of fused-ring (bicyclic) bond motifs is 1. The van der Waals surface area contributed by atoms with Crippen molar-refractivity contribution in [2.24, 2.45) is 0 Å². The summed E-state index contributed by atoms with van der Waals surface area (Å²) in [5.41, 5.74) is 0.916. The van der Waals surface area contributed by atoms with Crippen LogP contribution < -0.4 is 10.6 Å². The highest BCUT2D eigenvalue weighted by atomic mass is 32.1. The number of hydrogen-bond donors (Lipinski definition) is 3. The van der Waals surface area contributed by atoms with Crippen LogP contribution in [-0.2, 0) is 11.2 Å². The van der Waals surface area contributed by atoms with Gasteiger partial charge in [-0.05, 0) is 12.1 Å². The Kier molecular flexibility index (Phi) is 4.76. The number of carbonyl (C=O) groups excluding carboxylic acids is 2. The molecule has 1 aromatic carbocycles. The number of hydrogen-bond acceptors (Lipinski definition) is 5. The number of aromatic hydroxyl groups is 1. The summed E-state index contributed by atoms with van der Waals surface area (Å²) in [5.74, 6) is -0.604. The van der Waals surface area contributed by atoms with Crippen LogP contribution in [0.2, 0.25) is 0 Å². The maximum atomic E-state index is 11.9. The number of nitrogens with zero attached hydrogens (tertiary/aromatic N) is 2. The van der Waals surface area contributed by atoms with E-state index < -0.39 is 0 Å². The standard InChI is InChI=1S/C16H16N4O3S/c21-13-4-2-1-3-12(13)15(23)18-6-5-17-14(22)9-11-10-20-7-8-24-16(20)19-11/h1-4,7-8,10,21H,5-6,9H2,(H,17,22)(H,18,23). The molecule has 3 N–H and O–H groups in total. The number of thiazole rings is 1. The van der Waals surface area contributed by atoms with E-state index in [4.69, 9.17) is 0 Å². The molecule has 0 saturated carbocycles. The first kappa shape index (κ1) is 16.0. The third-order valence-electron chi connectivity index (χ3n) is 3.37. The molecule has 0 atom stereocenters. The summed E-state index contributed by atoms with van der Waals surface area (Å²) >= 11 is 1.51. The van der Waals surface area contributed by atoms with E-state index in [0.29, 0.717) is 12.2 Å². The zero-order valence-corrected chi connectivity index (χ0v) is 13.5. The van der Waals surface area contributed by atoms with Gasteiger partial charge >= 0.3 is 0 Å². The van der Waals surface area contributed by atoms with E-state index in [0.717, 1.165) is 4.96 Å². The van der Waals surface area contributed by atoms with Crippen molar-refractivity contribution in [1.29, 1.82) is 0 Å². The Hall–Kier alpha value is -2.87. The summed E-state index contributed by atoms with van der Waals surface area (Å²) in [5, 5.41) is 16.9. The lowest BCUT2D eigenvalue weighted by atomic mass is 10.2. The fourth-order valence-corrected chi connectivity index (χ4v) is 2.95. The number of para-hydroxylation sites is 1. The van der Waals surface area contributed by atoms with E-state index in [2.05, 4.69) is 15.6 Å². The van der Waals surface area contributed by atoms with Gasteiger partial charge < -0.3 is 15.7 Å². The molecular formula is C16H16N4O3S. The second-order valence-corrected chi connectivity index (χ2v) is 6.00. The van der Waals surface area contributed by atoms with Crippen molar-refractivity contribution in [2.75, 3.05) is 13.1 Å². The molecule has 0 saturated heterocycles. The molecule has 8 heteroatoms. The van der Waals surface area contributed by atoms with Crippen molar-refractivity contribution in [1.82, 2.24) is 20.0 Å². The van der Waals surface area contributed by atoms with Crippen LogP contribution in [0.25, 0.3) is 4.96 Å². The normalized spacial score (nSPS) is 10.7. The molecule has 0 fully saturated rings. The van der Waals surface area contributed by atoms with Crippen molar-refractivity contribution < 1.29 is 14.7 Å². The summed E-state index contributed by atoms with van der Waals surface area (Å²) < 4.78 is 1.87. The molecule has 0 spiro atoms. The third kappa shape index (κ3) is 3.72. The average Bonchev–Trinajstić information content (AvgIpc) is 3.13. The highest BCUT2D eigenvalue weighted by Crippen LogP contribution is 2.14. The number of carbonyl (C=O) groups is 2. The molecule has 2 heterocycles. The lowest BCUT2D eigenvalue weighted by molar-refractivity contribution is -0.120. The molecular weight excluding hydrogens is 328 g/mol. The molecule has 124 valence electrons. The molecule has 0 aliphatic heterocycles. The molecule has 7 nitrogen and oxygen atoms in total. The summed E-state index contributed by atoms with van der Waals surface area (Å²) in [6, 6.07) is 6.30. The van der Waals surface area contributed by atoms with E-state index in [1.165, 1.54) is 23.5 Å². The van der Waals surface area contributed by atoms with Gasteiger partial charge in [-0.15, -0.1) is 11.3 Å². The van der Waals surface area contributed by atoms with E-state index in [9.17, 15) is 14.7 Å². The fraction of sp³-hybridized carbons (Fsp3) is 0.188. The summed E-state index contributed by atoms with van der Waals surface area (Å²) in [6.45, 7) is 0.581. The predicted octanol–water partition coefficient (Wildman–Crippen LogP) is 1.19. The number of imidazole rings is 1. The Labute approximate surface area is 142 Å². The van der Waals surface area contributed by atoms with Gasteiger partial charge in [-0.25, -0.2) is 4.98 Å². The number of amides is 2. The summed E-state index contributed by atoms with van der Waals surface area (Å²) in [7, 11) is 0. The van der Waals surface area contributed by atoms with E-state index in [-0.39, 0.29) is 36.1 Å². The van der Waals surface area contributed by atoms with Gasteiger partial charge in [0.05, 0.1) is 17.7 Å². The smallest absolute Gasteiger partial charge is 0.255 e. The molecule has 0 radical (unpaired) electrons. The third-order valence-corrected chi connectivity index (χ3v) is 4.14. The minimum Gasteiger partial charge on any atom is -0.507 e. The minimum absolute atomic E-state index is 0.0706. The molecule has 2 aromatic heterocycles. The lowest BCUT2D eigenvalue weighted by Crippen LogP contribution is -2.35. The van der Waals surface area contributed by atoms with Crippen LogP contribution in [0.5, 0.6) is 5.75 Å². The SMILES string of the molecule is O=C(Cc1cn2ccsc2n1)NCCNC(=O)c1ccccc1O. The first-order chi connectivity index (χ1) is 11.6. The largest absolute Gasteiger partial charge is 0.507 e. The summed E-state index contributed by atoms with van der Waals surface area (Å²) in [4.78, 5) is 28.9. The first-order valence-corrected chi connectivity index (χ1v) is 8.25. The van der Waals surface area contributed by atoms with E-state index in [1.54, 1.807) is 12.1 Å². The van der Waals surface area contributed by atoms with Crippen LogP contribution in [0.4, 0.5) is 0 Å². The number of phenols is 1. The van der Waals surface area contributed by atoms with E-state index >= 15 is 0 Å². The van der Waals surface area contributed by atoms with Gasteiger partial charge in [-0.3, -0.25) is 14.0 Å². The van der Waals surface area contributed by atoms with Crippen molar-refractivity contribution in [3.63, 3.8) is 0 Å². The number of aromatic nitrogens is 2. The molecule has 0 aliphatic rings. The molecule has 0 aliphatic carbocycles. The highest BCUT2D eigenvalue weighted by Gasteiger charge is 2.10. The maximum Gasteiger partial charge on any atom is 0.255 e. The Morgan fingerprint density at radius 3 is 2.79 bits per heavy atom. The monoisotopic (exact) mass is 344 g/mol. The van der Waals surface area contributed by atoms with Gasteiger partial charge in [0, 0.05) is 30.9 Å². The molecule has 2 amide bonds. The van der Waals surface area contributed by atoms with Crippen LogP contribution in [0.1, 0.15) is 16.1 Å². The van der Waals surface area contributed by atoms with Gasteiger partial charge in [-0.1, -0.05) is 12.1 Å². The molecule has 3 rings (SSSR count). The van der Waals surface area contributed by atoms with Crippen molar-refractivity contribution in [3.8, 4) is 5.75 Å². The Morgan fingerprint density at radius 1 is 1.21 bits per heavy atom.